The molecule has 2 heterocycles. The van der Waals surface area contributed by atoms with Crippen molar-refractivity contribution in [2.24, 2.45) is 0 Å². The van der Waals surface area contributed by atoms with Gasteiger partial charge in [0.05, 0.1) is 0 Å². The minimum Gasteiger partial charge on any atom is -0.367 e. The van der Waals surface area contributed by atoms with Crippen LogP contribution in [0.15, 0.2) is 24.5 Å². The molecule has 0 saturated carbocycles. The molecule has 2 rings (SSSR count). The standard InChI is InChI=1S/C12H13N5/c1-9-15-11(6-13)5-12(16-9)17(2)8-10-3-4-14-7-10/h3-5,7,14H,8H2,1-2H3. The van der Waals surface area contributed by atoms with Gasteiger partial charge in [0.25, 0.3) is 0 Å². The fraction of sp³-hybridized carbons (Fsp3) is 0.250. The van der Waals surface area contributed by atoms with Crippen LogP contribution in [0.1, 0.15) is 17.1 Å². The van der Waals surface area contributed by atoms with E-state index in [4.69, 9.17) is 5.26 Å². The van der Waals surface area contributed by atoms with Crippen molar-refractivity contribution in [3.63, 3.8) is 0 Å². The van der Waals surface area contributed by atoms with Gasteiger partial charge in [-0.25, -0.2) is 9.97 Å². The van der Waals surface area contributed by atoms with Crippen molar-refractivity contribution in [1.82, 2.24) is 15.0 Å². The topological polar surface area (TPSA) is 68.6 Å². The van der Waals surface area contributed by atoms with Gasteiger partial charge in [-0.3, -0.25) is 0 Å². The molecular weight excluding hydrogens is 214 g/mol. The molecule has 2 aromatic heterocycles. The molecule has 0 aliphatic rings. The molecule has 0 atom stereocenters. The summed E-state index contributed by atoms with van der Waals surface area (Å²) in [6.45, 7) is 2.53. The molecule has 0 aliphatic heterocycles. The molecule has 0 radical (unpaired) electrons. The Morgan fingerprint density at radius 1 is 1.47 bits per heavy atom. The van der Waals surface area contributed by atoms with E-state index in [0.717, 1.165) is 12.4 Å². The van der Waals surface area contributed by atoms with Gasteiger partial charge in [0.1, 0.15) is 23.4 Å². The van der Waals surface area contributed by atoms with Gasteiger partial charge in [-0.05, 0) is 18.6 Å². The molecule has 0 bridgehead atoms. The molecule has 2 aromatic rings. The SMILES string of the molecule is Cc1nc(C#N)cc(N(C)Cc2cc[nH]c2)n1. The van der Waals surface area contributed by atoms with Gasteiger partial charge in [-0.15, -0.1) is 0 Å². The molecule has 0 aliphatic carbocycles. The van der Waals surface area contributed by atoms with E-state index >= 15 is 0 Å². The van der Waals surface area contributed by atoms with Crippen molar-refractivity contribution < 1.29 is 0 Å². The third kappa shape index (κ3) is 2.61. The van der Waals surface area contributed by atoms with Crippen molar-refractivity contribution in [2.75, 3.05) is 11.9 Å². The lowest BCUT2D eigenvalue weighted by molar-refractivity contribution is 0.877. The van der Waals surface area contributed by atoms with Crippen LogP contribution in [0.5, 0.6) is 0 Å². The van der Waals surface area contributed by atoms with E-state index in [1.165, 1.54) is 5.56 Å². The number of aryl methyl sites for hydroxylation is 1. The summed E-state index contributed by atoms with van der Waals surface area (Å²) in [5, 5.41) is 8.86. The molecule has 0 saturated heterocycles. The fourth-order valence-corrected chi connectivity index (χ4v) is 1.62. The number of anilines is 1. The molecular formula is C12H13N5. The van der Waals surface area contributed by atoms with E-state index in [9.17, 15) is 0 Å². The van der Waals surface area contributed by atoms with Crippen LogP contribution < -0.4 is 4.90 Å². The maximum absolute atomic E-state index is 8.86. The van der Waals surface area contributed by atoms with Crippen LogP contribution in [0.25, 0.3) is 0 Å². The van der Waals surface area contributed by atoms with Gasteiger partial charge < -0.3 is 9.88 Å². The summed E-state index contributed by atoms with van der Waals surface area (Å²) < 4.78 is 0. The molecule has 1 N–H and O–H groups in total. The summed E-state index contributed by atoms with van der Waals surface area (Å²) in [5.74, 6) is 1.37. The number of nitriles is 1. The van der Waals surface area contributed by atoms with Crippen LogP contribution in [-0.4, -0.2) is 22.0 Å². The van der Waals surface area contributed by atoms with Gasteiger partial charge in [-0.2, -0.15) is 5.26 Å². The summed E-state index contributed by atoms with van der Waals surface area (Å²) >= 11 is 0. The summed E-state index contributed by atoms with van der Waals surface area (Å²) in [6, 6.07) is 5.74. The molecule has 5 heteroatoms. The number of H-pyrrole nitrogens is 1. The molecule has 0 fully saturated rings. The molecule has 0 amide bonds. The van der Waals surface area contributed by atoms with E-state index in [0.29, 0.717) is 11.5 Å². The van der Waals surface area contributed by atoms with Crippen LogP contribution in [0.2, 0.25) is 0 Å². The van der Waals surface area contributed by atoms with Crippen molar-refractivity contribution >= 4 is 5.82 Å². The zero-order valence-corrected chi connectivity index (χ0v) is 9.81. The average Bonchev–Trinajstić information content (AvgIpc) is 2.81. The predicted molar refractivity (Wildman–Crippen MR) is 64.4 cm³/mol. The molecule has 5 nitrogen and oxygen atoms in total. The van der Waals surface area contributed by atoms with Crippen molar-refractivity contribution in [3.05, 3.63) is 41.6 Å². The van der Waals surface area contributed by atoms with Crippen LogP contribution in [0.3, 0.4) is 0 Å². The van der Waals surface area contributed by atoms with Gasteiger partial charge in [0.15, 0.2) is 0 Å². The van der Waals surface area contributed by atoms with Crippen molar-refractivity contribution in [2.45, 2.75) is 13.5 Å². The smallest absolute Gasteiger partial charge is 0.146 e. The molecule has 0 aromatic carbocycles. The van der Waals surface area contributed by atoms with E-state index in [2.05, 4.69) is 15.0 Å². The number of rotatable bonds is 3. The second-order valence-corrected chi connectivity index (χ2v) is 3.85. The van der Waals surface area contributed by atoms with E-state index in [1.807, 2.05) is 36.5 Å². The highest BCUT2D eigenvalue weighted by molar-refractivity contribution is 5.42. The first-order chi connectivity index (χ1) is 8.19. The average molecular weight is 227 g/mol. The number of nitrogens with one attached hydrogen (secondary N) is 1. The van der Waals surface area contributed by atoms with Gasteiger partial charge in [-0.1, -0.05) is 0 Å². The van der Waals surface area contributed by atoms with E-state index < -0.39 is 0 Å². The number of hydrogen-bond acceptors (Lipinski definition) is 4. The number of nitrogens with zero attached hydrogens (tertiary/aromatic N) is 4. The summed E-state index contributed by atoms with van der Waals surface area (Å²) in [4.78, 5) is 13.3. The number of aromatic amines is 1. The largest absolute Gasteiger partial charge is 0.367 e. The molecule has 86 valence electrons. The van der Waals surface area contributed by atoms with Gasteiger partial charge in [0.2, 0.25) is 0 Å². The Labute approximate surface area is 99.7 Å². The molecule has 17 heavy (non-hydrogen) atoms. The highest BCUT2D eigenvalue weighted by Crippen LogP contribution is 2.13. The quantitative estimate of drug-likeness (QED) is 0.865. The van der Waals surface area contributed by atoms with Crippen LogP contribution in [-0.2, 0) is 6.54 Å². The van der Waals surface area contributed by atoms with Crippen molar-refractivity contribution in [3.8, 4) is 6.07 Å². The lowest BCUT2D eigenvalue weighted by Gasteiger charge is -2.17. The Morgan fingerprint density at radius 2 is 2.29 bits per heavy atom. The number of hydrogen-bond donors (Lipinski definition) is 1. The zero-order chi connectivity index (χ0) is 12.3. The third-order valence-electron chi connectivity index (χ3n) is 2.41. The van der Waals surface area contributed by atoms with Crippen LogP contribution in [0.4, 0.5) is 5.82 Å². The predicted octanol–water partition coefficient (Wildman–Crippen LogP) is 1.62. The molecule has 0 unspecified atom stereocenters. The monoisotopic (exact) mass is 227 g/mol. The maximum Gasteiger partial charge on any atom is 0.146 e. The third-order valence-corrected chi connectivity index (χ3v) is 2.41. The fourth-order valence-electron chi connectivity index (χ4n) is 1.62. The summed E-state index contributed by atoms with van der Waals surface area (Å²) in [6.07, 6.45) is 3.82. The summed E-state index contributed by atoms with van der Waals surface area (Å²) in [5.41, 5.74) is 1.57. The lowest BCUT2D eigenvalue weighted by Crippen LogP contribution is -2.18. The Morgan fingerprint density at radius 3 is 2.94 bits per heavy atom. The highest BCUT2D eigenvalue weighted by atomic mass is 15.2. The second-order valence-electron chi connectivity index (χ2n) is 3.85. The minimum atomic E-state index is 0.397. The number of aromatic nitrogens is 3. The summed E-state index contributed by atoms with van der Waals surface area (Å²) in [7, 11) is 1.94. The van der Waals surface area contributed by atoms with Crippen LogP contribution >= 0.6 is 0 Å². The maximum atomic E-state index is 8.86. The first-order valence-electron chi connectivity index (χ1n) is 5.27. The van der Waals surface area contributed by atoms with Crippen molar-refractivity contribution in [1.29, 1.82) is 5.26 Å². The van der Waals surface area contributed by atoms with Gasteiger partial charge in [0, 0.05) is 32.1 Å². The Bertz CT molecular complexity index is 539. The first kappa shape index (κ1) is 11.1. The van der Waals surface area contributed by atoms with E-state index in [-0.39, 0.29) is 0 Å². The zero-order valence-electron chi connectivity index (χ0n) is 9.81. The van der Waals surface area contributed by atoms with Crippen LogP contribution in [0, 0.1) is 18.3 Å². The normalized spacial score (nSPS) is 9.94. The molecule has 0 spiro atoms. The van der Waals surface area contributed by atoms with E-state index in [1.54, 1.807) is 13.0 Å². The van der Waals surface area contributed by atoms with Gasteiger partial charge >= 0.3 is 0 Å². The Kier molecular flexibility index (Phi) is 3.06. The second kappa shape index (κ2) is 4.66. The Hall–Kier alpha value is -2.35. The lowest BCUT2D eigenvalue weighted by atomic mass is 10.3. The highest BCUT2D eigenvalue weighted by Gasteiger charge is 2.07. The first-order valence-corrected chi connectivity index (χ1v) is 5.27. The Balaban J connectivity index is 2.22. The minimum absolute atomic E-state index is 0.397.